The van der Waals surface area contributed by atoms with Crippen molar-refractivity contribution in [3.8, 4) is 23.0 Å². The number of hydrogen-bond donors (Lipinski definition) is 10. The summed E-state index contributed by atoms with van der Waals surface area (Å²) in [7, 11) is 30.8. The number of hydrogen-bond acceptors (Lipinski definition) is 15. The summed E-state index contributed by atoms with van der Waals surface area (Å²) in [4.78, 5) is 9.44. The highest BCUT2D eigenvalue weighted by Gasteiger charge is 2.25. The zero-order chi connectivity index (χ0) is 61.4. The highest BCUT2D eigenvalue weighted by atomic mass is 19.4. The molecule has 2 aromatic carbocycles. The predicted molar refractivity (Wildman–Crippen MR) is 328 cm³/mol. The van der Waals surface area contributed by atoms with E-state index in [-0.39, 0.29) is 23.0 Å². The van der Waals surface area contributed by atoms with Gasteiger partial charge in [-0.1, -0.05) is 6.07 Å². The minimum atomic E-state index is -4.06. The van der Waals surface area contributed by atoms with Gasteiger partial charge in [-0.15, -0.1) is 0 Å². The van der Waals surface area contributed by atoms with E-state index in [2.05, 4.69) is 173 Å². The molecule has 7 rings (SSSR count). The molecular weight excluding hydrogens is 1010 g/mol. The van der Waals surface area contributed by atoms with E-state index in [9.17, 15) is 13.2 Å². The van der Waals surface area contributed by atoms with E-state index < -0.39 is 12.7 Å². The molecule has 3 saturated heterocycles. The molecule has 0 bridgehead atoms. The van der Waals surface area contributed by atoms with Gasteiger partial charge in [0.2, 0.25) is 0 Å². The molecule has 10 N–H and O–H groups in total. The van der Waals surface area contributed by atoms with Crippen LogP contribution in [0.3, 0.4) is 0 Å². The molecule has 18 nitrogen and oxygen atoms in total. The number of halogens is 3. The molecule has 4 aliphatic rings. The third kappa shape index (κ3) is 51.6. The van der Waals surface area contributed by atoms with Gasteiger partial charge in [0.1, 0.15) is 0 Å². The number of phenols is 4. The summed E-state index contributed by atoms with van der Waals surface area (Å²) in [5, 5.41) is 54.0. The zero-order valence-corrected chi connectivity index (χ0v) is 53.3. The average Bonchev–Trinajstić information content (AvgIpc) is 4.18. The topological polar surface area (TPSA) is 183 Å². The lowest BCUT2D eigenvalue weighted by Gasteiger charge is -2.37. The van der Waals surface area contributed by atoms with Gasteiger partial charge in [-0.05, 0) is 164 Å². The SMILES string of the molecule is CN1CCN(C)CC1.CN1CCNCC1.CN1CC[N+](C)(C)CC1.CNC(C)(C)C.CNC1CC1.CNCC(F)(F)F.CNCC[N+](C)(C)C.CNN=Cc1ccc(O)c(O)c1.Cc1ccc(C)n1C.Cc1ccc(O)c(O)c1. The number of likely N-dealkylation sites (N-methyl/N-ethyl adjacent to an activating group) is 7. The van der Waals surface area contributed by atoms with Crippen LogP contribution in [0.1, 0.15) is 56.1 Å². The van der Waals surface area contributed by atoms with Gasteiger partial charge in [-0.3, -0.25) is 4.90 Å². The molecule has 0 amide bonds. The molecule has 462 valence electrons. The number of nitrogens with one attached hydrogen (secondary N) is 6. The number of aromatic nitrogens is 1. The number of hydrazone groups is 1. The van der Waals surface area contributed by atoms with Crippen molar-refractivity contribution in [2.75, 3.05) is 197 Å². The van der Waals surface area contributed by atoms with E-state index in [4.69, 9.17) is 20.4 Å². The Labute approximate surface area is 478 Å². The largest absolute Gasteiger partial charge is 0.504 e. The summed E-state index contributed by atoms with van der Waals surface area (Å²) in [6, 6.07) is 14.3. The van der Waals surface area contributed by atoms with Gasteiger partial charge in [-0.25, -0.2) is 0 Å². The smallest absolute Gasteiger partial charge is 0.401 e. The summed E-state index contributed by atoms with van der Waals surface area (Å²) in [6.07, 6.45) is 0.279. The van der Waals surface area contributed by atoms with Gasteiger partial charge >= 0.3 is 6.18 Å². The second kappa shape index (κ2) is 43.5. The first kappa shape index (κ1) is 79.0. The van der Waals surface area contributed by atoms with Crippen molar-refractivity contribution < 1.29 is 42.6 Å². The number of nitrogens with zero attached hydrogens (tertiary/aromatic N) is 8. The van der Waals surface area contributed by atoms with Crippen LogP contribution in [-0.2, 0) is 7.05 Å². The molecule has 79 heavy (non-hydrogen) atoms. The van der Waals surface area contributed by atoms with Crippen LogP contribution in [0.2, 0.25) is 0 Å². The maximum atomic E-state index is 11.0. The third-order valence-corrected chi connectivity index (χ3v) is 12.5. The van der Waals surface area contributed by atoms with Crippen molar-refractivity contribution in [1.82, 2.24) is 56.2 Å². The van der Waals surface area contributed by atoms with Gasteiger partial charge in [0.05, 0.1) is 67.6 Å². The average molecular weight is 1130 g/mol. The van der Waals surface area contributed by atoms with Gasteiger partial charge < -0.3 is 80.7 Å². The predicted octanol–water partition coefficient (Wildman–Crippen LogP) is 5.15. The maximum absolute atomic E-state index is 11.0. The van der Waals surface area contributed by atoms with Gasteiger partial charge in [0, 0.05) is 109 Å². The van der Waals surface area contributed by atoms with Crippen molar-refractivity contribution >= 4 is 6.21 Å². The molecule has 4 heterocycles. The molecule has 1 aromatic heterocycles. The van der Waals surface area contributed by atoms with Crippen LogP contribution in [0.4, 0.5) is 13.2 Å². The normalized spacial score (nSPS) is 16.5. The van der Waals surface area contributed by atoms with E-state index in [1.54, 1.807) is 25.4 Å². The molecule has 0 atom stereocenters. The first-order chi connectivity index (χ1) is 36.5. The molecule has 0 spiro atoms. The number of quaternary nitrogens is 2. The van der Waals surface area contributed by atoms with E-state index >= 15 is 0 Å². The van der Waals surface area contributed by atoms with Crippen molar-refractivity contribution in [3.05, 3.63) is 71.0 Å². The zero-order valence-electron chi connectivity index (χ0n) is 53.3. The summed E-state index contributed by atoms with van der Waals surface area (Å²) < 4.78 is 37.4. The summed E-state index contributed by atoms with van der Waals surface area (Å²) in [5.74, 6) is -0.401. The van der Waals surface area contributed by atoms with Crippen LogP contribution in [0, 0.1) is 20.8 Å². The number of piperazine rings is 3. The standard InChI is InChI=1S/C8H10N2O2.C7H17N2.C7H11N.C7H8O2.C6H14N2.C6H17N2.C5H12N2.C5H13N.C4H9N.C3H6F3N/c1-9-10-5-6-2-3-7(11)8(12)4-6;1-8-4-6-9(2,3)7-5-8;1-6-4-5-7(2)8(6)3;1-5-2-3-6(8)7(9)4-5;1-7-3-5-8(2)6-4-7;1-7-5-6-8(2,3)4;1-7-4-2-6-3-5-7;1-5(2,3)6-4;1-5-4-2-3-4;1-7-2-3(4,5)6/h2-5,9,11-12H,1H3;4-7H2,1-3H3;4-5H,1-3H3;2-4,8-9H,1H3;3-6H2,1-2H3;7H,5-6H2,1-4H3;6H,2-5H2,1H3;6H,1-4H3;4-5H,2-3H2,1H3;7H,2H2,1H3/q;+1;;;;+1;;;;. The molecule has 0 radical (unpaired) electrons. The number of aryl methyl sites for hydroxylation is 3. The van der Waals surface area contributed by atoms with E-state index in [0.29, 0.717) is 5.54 Å². The summed E-state index contributed by atoms with van der Waals surface area (Å²) in [5.41, 5.74) is 7.17. The molecule has 3 aromatic rings. The van der Waals surface area contributed by atoms with Gasteiger partial charge in [0.15, 0.2) is 23.0 Å². The number of rotatable bonds is 7. The molecule has 1 aliphatic carbocycles. The Morgan fingerprint density at radius 2 is 1.08 bits per heavy atom. The fraction of sp³-hybridized carbons (Fsp3) is 0.707. The fourth-order valence-corrected chi connectivity index (χ4v) is 5.95. The molecule has 21 heteroatoms. The minimum absolute atomic E-state index is 0.0602. The number of alkyl halides is 3. The Morgan fingerprint density at radius 3 is 1.32 bits per heavy atom. The Hall–Kier alpha value is -4.26. The first-order valence-electron chi connectivity index (χ1n) is 27.6. The fourth-order valence-electron chi connectivity index (χ4n) is 5.95. The molecule has 0 unspecified atom stereocenters. The lowest BCUT2D eigenvalue weighted by atomic mass is 10.1. The van der Waals surface area contributed by atoms with Crippen LogP contribution in [0.25, 0.3) is 0 Å². The molecule has 1 saturated carbocycles. The first-order valence-corrected chi connectivity index (χ1v) is 27.6. The molecule has 3 aliphatic heterocycles. The van der Waals surface area contributed by atoms with E-state index in [1.165, 1.54) is 132 Å². The van der Waals surface area contributed by atoms with E-state index in [1.807, 2.05) is 33.4 Å². The quantitative estimate of drug-likeness (QED) is 0.0650. The van der Waals surface area contributed by atoms with Crippen LogP contribution < -0.4 is 32.0 Å². The van der Waals surface area contributed by atoms with Gasteiger partial charge in [0.25, 0.3) is 0 Å². The Balaban J connectivity index is -0.000000818. The van der Waals surface area contributed by atoms with Crippen molar-refractivity contribution in [3.63, 3.8) is 0 Å². The monoisotopic (exact) mass is 1130 g/mol. The second-order valence-electron chi connectivity index (χ2n) is 23.1. The second-order valence-corrected chi connectivity index (χ2v) is 23.1. The lowest BCUT2D eigenvalue weighted by molar-refractivity contribution is -0.894. The summed E-state index contributed by atoms with van der Waals surface area (Å²) in [6.45, 7) is 28.6. The van der Waals surface area contributed by atoms with Crippen LogP contribution >= 0.6 is 0 Å². The number of aromatic hydroxyl groups is 4. The molecular formula is C58H117F3N14O4+2. The molecule has 4 fully saturated rings. The Morgan fingerprint density at radius 1 is 0.646 bits per heavy atom. The lowest BCUT2D eigenvalue weighted by Crippen LogP contribution is -2.53. The van der Waals surface area contributed by atoms with Crippen LogP contribution in [-0.4, -0.2) is 274 Å². The number of phenolic OH excluding ortho intramolecular Hbond substituents is 4. The number of benzene rings is 2. The van der Waals surface area contributed by atoms with E-state index in [0.717, 1.165) is 41.3 Å². The maximum Gasteiger partial charge on any atom is 0.401 e. The summed E-state index contributed by atoms with van der Waals surface area (Å²) >= 11 is 0. The highest BCUT2D eigenvalue weighted by molar-refractivity contribution is 5.80. The van der Waals surface area contributed by atoms with Crippen molar-refractivity contribution in [2.45, 2.75) is 72.1 Å². The van der Waals surface area contributed by atoms with Crippen LogP contribution in [0.15, 0.2) is 53.6 Å². The van der Waals surface area contributed by atoms with Gasteiger partial charge in [-0.2, -0.15) is 18.3 Å². The third-order valence-electron chi connectivity index (χ3n) is 12.5. The Kier molecular flexibility index (Phi) is 43.5. The van der Waals surface area contributed by atoms with Crippen molar-refractivity contribution in [1.29, 1.82) is 0 Å². The van der Waals surface area contributed by atoms with Crippen LogP contribution in [0.5, 0.6) is 23.0 Å². The highest BCUT2D eigenvalue weighted by Crippen LogP contribution is 2.25. The minimum Gasteiger partial charge on any atom is -0.504 e. The Bertz CT molecular complexity index is 1920. The van der Waals surface area contributed by atoms with Crippen molar-refractivity contribution in [2.24, 2.45) is 12.1 Å².